The third-order valence-corrected chi connectivity index (χ3v) is 4.27. The molecule has 4 atom stereocenters. The summed E-state index contributed by atoms with van der Waals surface area (Å²) >= 11 is 0. The van der Waals surface area contributed by atoms with E-state index in [-0.39, 0.29) is 5.91 Å². The Kier molecular flexibility index (Phi) is 4.24. The van der Waals surface area contributed by atoms with Crippen LogP contribution in [-0.4, -0.2) is 35.7 Å². The third kappa shape index (κ3) is 2.90. The molecule has 5 nitrogen and oxygen atoms in total. The topological polar surface area (TPSA) is 75.6 Å². The number of amides is 1. The zero-order chi connectivity index (χ0) is 15.5. The van der Waals surface area contributed by atoms with Crippen LogP contribution in [0.3, 0.4) is 0 Å². The lowest BCUT2D eigenvalue weighted by Gasteiger charge is -2.20. The zero-order valence-electron chi connectivity index (χ0n) is 12.1. The van der Waals surface area contributed by atoms with Gasteiger partial charge in [-0.2, -0.15) is 0 Å². The van der Waals surface area contributed by atoms with Gasteiger partial charge in [0.25, 0.3) is 0 Å². The van der Waals surface area contributed by atoms with Gasteiger partial charge in [0.1, 0.15) is 5.92 Å². The van der Waals surface area contributed by atoms with Gasteiger partial charge in [-0.15, -0.1) is 0 Å². The van der Waals surface area contributed by atoms with Gasteiger partial charge >= 0.3 is 5.97 Å². The molecule has 2 aliphatic heterocycles. The summed E-state index contributed by atoms with van der Waals surface area (Å²) in [5.41, 5.74) is 1.23. The standard InChI is InChI=1S/C17H19NO4/c19-16(18-10-4-7-11-5-2-1-3-6-11)14-12-8-9-13(22-12)15(14)17(20)21/h1-3,5-6,8-9,12-15H,4,7,10H2,(H,18,19)(H,20,21). The number of carbonyl (C=O) groups excluding carboxylic acids is 1. The van der Waals surface area contributed by atoms with Crippen LogP contribution in [0, 0.1) is 11.8 Å². The van der Waals surface area contributed by atoms with E-state index in [0.29, 0.717) is 6.54 Å². The Morgan fingerprint density at radius 3 is 2.45 bits per heavy atom. The van der Waals surface area contributed by atoms with Crippen molar-refractivity contribution < 1.29 is 19.4 Å². The molecule has 4 unspecified atom stereocenters. The quantitative estimate of drug-likeness (QED) is 0.615. The van der Waals surface area contributed by atoms with Crippen molar-refractivity contribution in [1.29, 1.82) is 0 Å². The molecule has 0 aliphatic carbocycles. The number of hydrogen-bond acceptors (Lipinski definition) is 3. The molecule has 2 aliphatic rings. The maximum Gasteiger partial charge on any atom is 0.310 e. The van der Waals surface area contributed by atoms with Gasteiger partial charge in [0.2, 0.25) is 5.91 Å². The lowest BCUT2D eigenvalue weighted by atomic mass is 9.82. The average Bonchev–Trinajstić information content (AvgIpc) is 3.13. The van der Waals surface area contributed by atoms with E-state index in [4.69, 9.17) is 4.74 Å². The first-order chi connectivity index (χ1) is 10.7. The van der Waals surface area contributed by atoms with Crippen molar-refractivity contribution in [3.63, 3.8) is 0 Å². The molecule has 0 saturated carbocycles. The summed E-state index contributed by atoms with van der Waals surface area (Å²) in [5, 5.41) is 12.1. The largest absolute Gasteiger partial charge is 0.481 e. The number of hydrogen-bond donors (Lipinski definition) is 2. The normalized spacial score (nSPS) is 28.7. The van der Waals surface area contributed by atoms with E-state index in [1.165, 1.54) is 5.56 Å². The minimum absolute atomic E-state index is 0.225. The lowest BCUT2D eigenvalue weighted by molar-refractivity contribution is -0.146. The number of carbonyl (C=O) groups is 2. The summed E-state index contributed by atoms with van der Waals surface area (Å²) in [6.45, 7) is 0.539. The van der Waals surface area contributed by atoms with Crippen molar-refractivity contribution in [2.75, 3.05) is 6.54 Å². The molecule has 3 rings (SSSR count). The number of ether oxygens (including phenoxy) is 1. The summed E-state index contributed by atoms with van der Waals surface area (Å²) in [6.07, 6.45) is 4.37. The van der Waals surface area contributed by atoms with E-state index in [2.05, 4.69) is 17.4 Å². The molecule has 0 radical (unpaired) electrons. The lowest BCUT2D eigenvalue weighted by Crippen LogP contribution is -2.42. The first kappa shape index (κ1) is 14.8. The van der Waals surface area contributed by atoms with E-state index in [9.17, 15) is 14.7 Å². The van der Waals surface area contributed by atoms with Gasteiger partial charge in [-0.25, -0.2) is 0 Å². The highest BCUT2D eigenvalue weighted by molar-refractivity contribution is 5.87. The van der Waals surface area contributed by atoms with Gasteiger partial charge in [-0.05, 0) is 18.4 Å². The van der Waals surface area contributed by atoms with Gasteiger partial charge in [-0.1, -0.05) is 42.5 Å². The van der Waals surface area contributed by atoms with E-state index in [1.54, 1.807) is 12.2 Å². The van der Waals surface area contributed by atoms with Crippen LogP contribution in [-0.2, 0) is 20.7 Å². The number of nitrogens with one attached hydrogen (secondary N) is 1. The fourth-order valence-electron chi connectivity index (χ4n) is 3.18. The van der Waals surface area contributed by atoms with Crippen LogP contribution in [0.25, 0.3) is 0 Å². The van der Waals surface area contributed by atoms with E-state index in [1.807, 2.05) is 18.2 Å². The second-order valence-corrected chi connectivity index (χ2v) is 5.72. The first-order valence-corrected chi connectivity index (χ1v) is 7.55. The molecule has 1 aromatic carbocycles. The van der Waals surface area contributed by atoms with Crippen LogP contribution in [0.2, 0.25) is 0 Å². The van der Waals surface area contributed by atoms with E-state index in [0.717, 1.165) is 12.8 Å². The molecule has 116 valence electrons. The fourth-order valence-corrected chi connectivity index (χ4v) is 3.18. The highest BCUT2D eigenvalue weighted by Gasteiger charge is 2.53. The maximum absolute atomic E-state index is 12.3. The monoisotopic (exact) mass is 301 g/mol. The van der Waals surface area contributed by atoms with Gasteiger partial charge in [0, 0.05) is 6.54 Å². The van der Waals surface area contributed by atoms with E-state index >= 15 is 0 Å². The molecule has 1 aromatic rings. The molecule has 2 heterocycles. The third-order valence-electron chi connectivity index (χ3n) is 4.27. The molecule has 1 amide bonds. The number of carboxylic acids is 1. The fraction of sp³-hybridized carbons (Fsp3) is 0.412. The van der Waals surface area contributed by atoms with Crippen molar-refractivity contribution in [3.05, 3.63) is 48.0 Å². The van der Waals surface area contributed by atoms with Gasteiger partial charge < -0.3 is 15.2 Å². The minimum Gasteiger partial charge on any atom is -0.481 e. The van der Waals surface area contributed by atoms with Crippen LogP contribution in [0.5, 0.6) is 0 Å². The van der Waals surface area contributed by atoms with Crippen molar-refractivity contribution in [2.24, 2.45) is 11.8 Å². The molecular formula is C17H19NO4. The minimum atomic E-state index is -0.971. The van der Waals surface area contributed by atoms with Gasteiger partial charge in [0.05, 0.1) is 18.1 Å². The van der Waals surface area contributed by atoms with Gasteiger partial charge in [0.15, 0.2) is 0 Å². The molecule has 5 heteroatoms. The Labute approximate surface area is 129 Å². The predicted octanol–water partition coefficient (Wildman–Crippen LogP) is 1.39. The molecule has 1 saturated heterocycles. The van der Waals surface area contributed by atoms with Gasteiger partial charge in [-0.3, -0.25) is 9.59 Å². The van der Waals surface area contributed by atoms with Crippen LogP contribution < -0.4 is 5.32 Å². The highest BCUT2D eigenvalue weighted by atomic mass is 16.5. The Bertz CT molecular complexity index is 584. The Hall–Kier alpha value is -2.14. The molecular weight excluding hydrogens is 282 g/mol. The molecule has 2 N–H and O–H groups in total. The first-order valence-electron chi connectivity index (χ1n) is 7.55. The highest BCUT2D eigenvalue weighted by Crippen LogP contribution is 2.39. The molecule has 0 spiro atoms. The second kappa shape index (κ2) is 6.32. The SMILES string of the molecule is O=C(O)C1C2C=CC(O2)C1C(=O)NCCCc1ccccc1. The Morgan fingerprint density at radius 2 is 1.77 bits per heavy atom. The Morgan fingerprint density at radius 1 is 1.09 bits per heavy atom. The number of carboxylic acid groups (broad SMARTS) is 1. The van der Waals surface area contributed by atoms with Crippen LogP contribution in [0.15, 0.2) is 42.5 Å². The number of aliphatic carboxylic acids is 1. The molecule has 0 aromatic heterocycles. The maximum atomic E-state index is 12.3. The van der Waals surface area contributed by atoms with Crippen LogP contribution in [0.1, 0.15) is 12.0 Å². The molecule has 22 heavy (non-hydrogen) atoms. The number of rotatable bonds is 6. The zero-order valence-corrected chi connectivity index (χ0v) is 12.1. The number of aryl methyl sites for hydroxylation is 1. The van der Waals surface area contributed by atoms with Crippen LogP contribution >= 0.6 is 0 Å². The average molecular weight is 301 g/mol. The van der Waals surface area contributed by atoms with Crippen molar-refractivity contribution in [2.45, 2.75) is 25.0 Å². The molecule has 1 fully saturated rings. The van der Waals surface area contributed by atoms with Crippen molar-refractivity contribution in [3.8, 4) is 0 Å². The predicted molar refractivity (Wildman–Crippen MR) is 80.2 cm³/mol. The summed E-state index contributed by atoms with van der Waals surface area (Å²) in [7, 11) is 0. The molecule has 2 bridgehead atoms. The second-order valence-electron chi connectivity index (χ2n) is 5.72. The van der Waals surface area contributed by atoms with Crippen LogP contribution in [0.4, 0.5) is 0 Å². The Balaban J connectivity index is 1.50. The van der Waals surface area contributed by atoms with Crippen molar-refractivity contribution >= 4 is 11.9 Å². The number of benzene rings is 1. The summed E-state index contributed by atoms with van der Waals surface area (Å²) in [6, 6.07) is 10.1. The summed E-state index contributed by atoms with van der Waals surface area (Å²) in [5.74, 6) is -2.59. The number of fused-ring (bicyclic) bond motifs is 2. The van der Waals surface area contributed by atoms with Crippen molar-refractivity contribution in [1.82, 2.24) is 5.32 Å². The summed E-state index contributed by atoms with van der Waals surface area (Å²) in [4.78, 5) is 23.6. The van der Waals surface area contributed by atoms with E-state index < -0.39 is 30.0 Å². The smallest absolute Gasteiger partial charge is 0.310 e. The summed E-state index contributed by atoms with van der Waals surface area (Å²) < 4.78 is 5.50.